The smallest absolute Gasteiger partial charge is 0.135 e. The van der Waals surface area contributed by atoms with E-state index in [1.807, 2.05) is 30.5 Å². The largest absolute Gasteiger partial charge is 0.458 e. The molecule has 3 heteroatoms. The lowest BCUT2D eigenvalue weighted by atomic mass is 10.1. The Labute approximate surface area is 86.2 Å². The van der Waals surface area contributed by atoms with E-state index >= 15 is 0 Å². The van der Waals surface area contributed by atoms with E-state index in [9.17, 15) is 0 Å². The van der Waals surface area contributed by atoms with Crippen molar-refractivity contribution in [2.24, 2.45) is 0 Å². The zero-order valence-corrected chi connectivity index (χ0v) is 8.14. The predicted molar refractivity (Wildman–Crippen MR) is 56.9 cm³/mol. The highest BCUT2D eigenvalue weighted by atomic mass is 35.5. The lowest BCUT2D eigenvalue weighted by Gasteiger charge is -2.08. The lowest BCUT2D eigenvalue weighted by Crippen LogP contribution is -2.09. The number of hydrogen-bond donors (Lipinski definition) is 1. The van der Waals surface area contributed by atoms with E-state index < -0.39 is 0 Å². The van der Waals surface area contributed by atoms with Crippen molar-refractivity contribution in [2.75, 3.05) is 0 Å². The van der Waals surface area contributed by atoms with Gasteiger partial charge in [0.25, 0.3) is 0 Å². The zero-order chi connectivity index (χ0) is 9.54. The summed E-state index contributed by atoms with van der Waals surface area (Å²) in [7, 11) is 0. The van der Waals surface area contributed by atoms with Crippen molar-refractivity contribution in [3.05, 3.63) is 41.8 Å². The van der Waals surface area contributed by atoms with Crippen LogP contribution in [0.3, 0.4) is 0 Å². The van der Waals surface area contributed by atoms with Gasteiger partial charge in [0, 0.05) is 17.1 Å². The molecule has 2 nitrogen and oxygen atoms in total. The molecule has 1 aromatic carbocycles. The van der Waals surface area contributed by atoms with Crippen molar-refractivity contribution in [3.63, 3.8) is 0 Å². The van der Waals surface area contributed by atoms with Gasteiger partial charge < -0.3 is 9.73 Å². The minimum atomic E-state index is 0.709. The van der Waals surface area contributed by atoms with Gasteiger partial charge in [0.2, 0.25) is 0 Å². The van der Waals surface area contributed by atoms with Crippen LogP contribution >= 0.6 is 11.6 Å². The SMILES string of the molecule is ClC1=CNCc2oc3ccccc3c21. The molecule has 0 saturated carbocycles. The van der Waals surface area contributed by atoms with Gasteiger partial charge in [-0.1, -0.05) is 29.8 Å². The van der Waals surface area contributed by atoms with Gasteiger partial charge in [-0.2, -0.15) is 0 Å². The third-order valence-electron chi connectivity index (χ3n) is 2.40. The number of nitrogens with one attached hydrogen (secondary N) is 1. The number of benzene rings is 1. The molecule has 1 aromatic heterocycles. The van der Waals surface area contributed by atoms with Crippen LogP contribution in [0.2, 0.25) is 0 Å². The van der Waals surface area contributed by atoms with Crippen molar-refractivity contribution in [2.45, 2.75) is 6.54 Å². The van der Waals surface area contributed by atoms with Gasteiger partial charge in [-0.05, 0) is 6.07 Å². The van der Waals surface area contributed by atoms with E-state index in [0.29, 0.717) is 6.54 Å². The second-order valence-corrected chi connectivity index (χ2v) is 3.68. The van der Waals surface area contributed by atoms with Crippen molar-refractivity contribution >= 4 is 27.6 Å². The molecule has 0 unspecified atom stereocenters. The Morgan fingerprint density at radius 1 is 1.29 bits per heavy atom. The Kier molecular flexibility index (Phi) is 1.58. The van der Waals surface area contributed by atoms with Crippen LogP contribution in [-0.4, -0.2) is 0 Å². The van der Waals surface area contributed by atoms with Gasteiger partial charge in [-0.15, -0.1) is 0 Å². The summed E-state index contributed by atoms with van der Waals surface area (Å²) in [6.45, 7) is 0.709. The maximum absolute atomic E-state index is 6.11. The normalized spacial score (nSPS) is 14.8. The summed E-state index contributed by atoms with van der Waals surface area (Å²) in [4.78, 5) is 0. The van der Waals surface area contributed by atoms with Crippen molar-refractivity contribution in [1.29, 1.82) is 0 Å². The van der Waals surface area contributed by atoms with Gasteiger partial charge >= 0.3 is 0 Å². The summed E-state index contributed by atoms with van der Waals surface area (Å²) >= 11 is 6.11. The number of halogens is 1. The Morgan fingerprint density at radius 2 is 2.14 bits per heavy atom. The average Bonchev–Trinajstić information content (AvgIpc) is 2.57. The van der Waals surface area contributed by atoms with Gasteiger partial charge in [0.05, 0.1) is 11.6 Å². The van der Waals surface area contributed by atoms with E-state index in [1.54, 1.807) is 0 Å². The number of fused-ring (bicyclic) bond motifs is 3. The van der Waals surface area contributed by atoms with E-state index in [4.69, 9.17) is 16.0 Å². The topological polar surface area (TPSA) is 25.2 Å². The first kappa shape index (κ1) is 7.94. The molecule has 0 spiro atoms. The number of hydrogen-bond acceptors (Lipinski definition) is 2. The number of para-hydroxylation sites is 1. The Morgan fingerprint density at radius 3 is 3.07 bits per heavy atom. The number of furan rings is 1. The summed E-state index contributed by atoms with van der Waals surface area (Å²) in [5.41, 5.74) is 1.92. The Hall–Kier alpha value is -1.41. The fourth-order valence-corrected chi connectivity index (χ4v) is 2.07. The molecule has 1 N–H and O–H groups in total. The molecule has 3 rings (SSSR count). The maximum Gasteiger partial charge on any atom is 0.135 e. The van der Waals surface area contributed by atoms with Crippen LogP contribution in [0.25, 0.3) is 16.0 Å². The summed E-state index contributed by atoms with van der Waals surface area (Å²) in [5.74, 6) is 0.915. The minimum Gasteiger partial charge on any atom is -0.458 e. The van der Waals surface area contributed by atoms with Crippen LogP contribution in [0, 0.1) is 0 Å². The van der Waals surface area contributed by atoms with Gasteiger partial charge in [0.1, 0.15) is 11.3 Å². The molecule has 1 aliphatic heterocycles. The fourth-order valence-electron chi connectivity index (χ4n) is 1.79. The standard InChI is InChI=1S/C11H8ClNO/c12-8-5-13-6-10-11(8)7-3-1-2-4-9(7)14-10/h1-5,13H,6H2. The van der Waals surface area contributed by atoms with Crippen LogP contribution in [-0.2, 0) is 6.54 Å². The van der Waals surface area contributed by atoms with Gasteiger partial charge in [0.15, 0.2) is 0 Å². The van der Waals surface area contributed by atoms with Crippen molar-refractivity contribution < 1.29 is 4.42 Å². The summed E-state index contributed by atoms with van der Waals surface area (Å²) in [6.07, 6.45) is 1.81. The van der Waals surface area contributed by atoms with Crippen LogP contribution in [0.15, 0.2) is 34.9 Å². The lowest BCUT2D eigenvalue weighted by molar-refractivity contribution is 0.532. The first-order valence-corrected chi connectivity index (χ1v) is 4.84. The molecule has 0 bridgehead atoms. The molecule has 0 atom stereocenters. The van der Waals surface area contributed by atoms with E-state index in [0.717, 1.165) is 27.3 Å². The highest BCUT2D eigenvalue weighted by molar-refractivity contribution is 6.50. The second-order valence-electron chi connectivity index (χ2n) is 3.27. The zero-order valence-electron chi connectivity index (χ0n) is 7.38. The summed E-state index contributed by atoms with van der Waals surface area (Å²) in [6, 6.07) is 7.93. The van der Waals surface area contributed by atoms with Crippen LogP contribution in [0.4, 0.5) is 0 Å². The monoisotopic (exact) mass is 205 g/mol. The molecule has 0 saturated heterocycles. The molecule has 0 amide bonds. The summed E-state index contributed by atoms with van der Waals surface area (Å²) in [5, 5.41) is 4.87. The molecular formula is C11H8ClNO. The van der Waals surface area contributed by atoms with E-state index in [-0.39, 0.29) is 0 Å². The van der Waals surface area contributed by atoms with Crippen LogP contribution in [0.1, 0.15) is 11.3 Å². The summed E-state index contributed by atoms with van der Waals surface area (Å²) < 4.78 is 5.67. The van der Waals surface area contributed by atoms with Gasteiger partial charge in [-0.25, -0.2) is 0 Å². The minimum absolute atomic E-state index is 0.709. The van der Waals surface area contributed by atoms with Crippen molar-refractivity contribution in [3.8, 4) is 0 Å². The molecular weight excluding hydrogens is 198 g/mol. The van der Waals surface area contributed by atoms with E-state index in [1.165, 1.54) is 0 Å². The third-order valence-corrected chi connectivity index (χ3v) is 2.70. The first-order chi connectivity index (χ1) is 6.86. The highest BCUT2D eigenvalue weighted by Gasteiger charge is 2.18. The average molecular weight is 206 g/mol. The highest BCUT2D eigenvalue weighted by Crippen LogP contribution is 2.34. The molecule has 70 valence electrons. The molecule has 14 heavy (non-hydrogen) atoms. The van der Waals surface area contributed by atoms with Crippen LogP contribution < -0.4 is 5.32 Å². The van der Waals surface area contributed by atoms with Gasteiger partial charge in [-0.3, -0.25) is 0 Å². The molecule has 0 radical (unpaired) electrons. The predicted octanol–water partition coefficient (Wildman–Crippen LogP) is 3.07. The number of rotatable bonds is 0. The van der Waals surface area contributed by atoms with E-state index in [2.05, 4.69) is 5.32 Å². The fraction of sp³-hybridized carbons (Fsp3) is 0.0909. The second kappa shape index (κ2) is 2.79. The molecule has 0 aliphatic carbocycles. The molecule has 2 aromatic rings. The molecule has 0 fully saturated rings. The van der Waals surface area contributed by atoms with Crippen LogP contribution in [0.5, 0.6) is 0 Å². The molecule has 1 aliphatic rings. The Bertz CT molecular complexity index is 527. The third kappa shape index (κ3) is 0.976. The Balaban J connectivity index is 2.42. The first-order valence-electron chi connectivity index (χ1n) is 4.46. The maximum atomic E-state index is 6.11. The van der Waals surface area contributed by atoms with Crippen molar-refractivity contribution in [1.82, 2.24) is 5.32 Å². The quantitative estimate of drug-likeness (QED) is 0.715. The molecule has 2 heterocycles.